The molecule has 2 aliphatic rings. The number of non-ortho nitro benzene ring substituents is 1. The molecular weight excluding hydrogens is 244 g/mol. The minimum absolute atomic E-state index is 0.0700. The van der Waals surface area contributed by atoms with Crippen molar-refractivity contribution in [3.8, 4) is 0 Å². The summed E-state index contributed by atoms with van der Waals surface area (Å²) in [5, 5.41) is 10.7. The number of fused-ring (bicyclic) bond motifs is 2. The van der Waals surface area contributed by atoms with Crippen molar-refractivity contribution in [2.75, 3.05) is 7.05 Å². The molecule has 5 nitrogen and oxygen atoms in total. The zero-order valence-corrected chi connectivity index (χ0v) is 10.8. The third-order valence-corrected chi connectivity index (χ3v) is 4.71. The van der Waals surface area contributed by atoms with Crippen LogP contribution in [0.15, 0.2) is 24.3 Å². The molecule has 1 aromatic rings. The van der Waals surface area contributed by atoms with Crippen LogP contribution in [-0.2, 0) is 10.3 Å². The zero-order chi connectivity index (χ0) is 13.6. The van der Waals surface area contributed by atoms with E-state index in [1.165, 1.54) is 12.1 Å². The van der Waals surface area contributed by atoms with Crippen molar-refractivity contribution in [1.82, 2.24) is 4.90 Å². The predicted octanol–water partition coefficient (Wildman–Crippen LogP) is 2.25. The Hall–Kier alpha value is -1.75. The SMILES string of the molecule is CN1[C@@H]2CCC(=O)[C@@]1(c1ccc([N+](=O)[O-])cc1)CC2. The summed E-state index contributed by atoms with van der Waals surface area (Å²) in [4.78, 5) is 24.9. The summed E-state index contributed by atoms with van der Waals surface area (Å²) in [6, 6.07) is 6.92. The van der Waals surface area contributed by atoms with E-state index in [2.05, 4.69) is 4.90 Å². The first kappa shape index (κ1) is 12.3. The monoisotopic (exact) mass is 260 g/mol. The fraction of sp³-hybridized carbons (Fsp3) is 0.500. The number of Topliss-reactive ketones (excluding diaryl/α,β-unsaturated/α-hetero) is 1. The highest BCUT2D eigenvalue weighted by atomic mass is 16.6. The van der Waals surface area contributed by atoms with Gasteiger partial charge in [0.05, 0.1) is 4.92 Å². The largest absolute Gasteiger partial charge is 0.297 e. The summed E-state index contributed by atoms with van der Waals surface area (Å²) in [5.41, 5.74) is 0.423. The molecule has 100 valence electrons. The van der Waals surface area contributed by atoms with Crippen molar-refractivity contribution in [2.45, 2.75) is 37.3 Å². The second-order valence-electron chi connectivity index (χ2n) is 5.43. The Bertz CT molecular complexity index is 540. The normalized spacial score (nSPS) is 30.6. The van der Waals surface area contributed by atoms with E-state index in [1.807, 2.05) is 7.05 Å². The number of benzene rings is 1. The molecule has 3 rings (SSSR count). The molecule has 2 atom stereocenters. The zero-order valence-electron chi connectivity index (χ0n) is 10.8. The number of hydrogen-bond acceptors (Lipinski definition) is 4. The quantitative estimate of drug-likeness (QED) is 0.604. The van der Waals surface area contributed by atoms with E-state index in [4.69, 9.17) is 0 Å². The summed E-state index contributed by atoms with van der Waals surface area (Å²) >= 11 is 0. The van der Waals surface area contributed by atoms with Gasteiger partial charge in [-0.25, -0.2) is 0 Å². The highest BCUT2D eigenvalue weighted by Crippen LogP contribution is 2.47. The fourth-order valence-electron chi connectivity index (χ4n) is 3.60. The van der Waals surface area contributed by atoms with Crippen LogP contribution in [0.25, 0.3) is 0 Å². The molecule has 2 bridgehead atoms. The van der Waals surface area contributed by atoms with Gasteiger partial charge in [0.25, 0.3) is 5.69 Å². The van der Waals surface area contributed by atoms with Gasteiger partial charge in [0.15, 0.2) is 5.78 Å². The lowest BCUT2D eigenvalue weighted by atomic mass is 9.81. The topological polar surface area (TPSA) is 63.5 Å². The first-order chi connectivity index (χ1) is 9.05. The maximum Gasteiger partial charge on any atom is 0.269 e. The van der Waals surface area contributed by atoms with Crippen molar-refractivity contribution in [2.24, 2.45) is 0 Å². The van der Waals surface area contributed by atoms with Crippen LogP contribution in [0, 0.1) is 10.1 Å². The number of piperidine rings is 1. The Labute approximate surface area is 111 Å². The first-order valence-corrected chi connectivity index (χ1v) is 6.57. The summed E-state index contributed by atoms with van der Waals surface area (Å²) in [7, 11) is 2.00. The van der Waals surface area contributed by atoms with Crippen LogP contribution in [0.1, 0.15) is 31.2 Å². The Morgan fingerprint density at radius 3 is 2.63 bits per heavy atom. The molecule has 2 aliphatic heterocycles. The lowest BCUT2D eigenvalue weighted by Crippen LogP contribution is -2.51. The van der Waals surface area contributed by atoms with Crippen LogP contribution < -0.4 is 0 Å². The minimum Gasteiger partial charge on any atom is -0.297 e. The number of likely N-dealkylation sites (N-methyl/N-ethyl adjacent to an activating group) is 1. The minimum atomic E-state index is -0.544. The average molecular weight is 260 g/mol. The molecule has 1 aromatic carbocycles. The van der Waals surface area contributed by atoms with E-state index in [0.29, 0.717) is 12.5 Å². The first-order valence-electron chi connectivity index (χ1n) is 6.57. The van der Waals surface area contributed by atoms with Gasteiger partial charge in [0.1, 0.15) is 5.54 Å². The van der Waals surface area contributed by atoms with E-state index in [1.54, 1.807) is 12.1 Å². The Morgan fingerprint density at radius 1 is 1.32 bits per heavy atom. The second kappa shape index (κ2) is 4.13. The van der Waals surface area contributed by atoms with Crippen LogP contribution in [0.3, 0.4) is 0 Å². The average Bonchev–Trinajstić information content (AvgIpc) is 2.63. The molecule has 2 heterocycles. The van der Waals surface area contributed by atoms with Crippen LogP contribution in [0.4, 0.5) is 5.69 Å². The van der Waals surface area contributed by atoms with Crippen LogP contribution in [-0.4, -0.2) is 28.7 Å². The maximum atomic E-state index is 12.4. The number of nitro groups is 1. The van der Waals surface area contributed by atoms with Crippen molar-refractivity contribution < 1.29 is 9.72 Å². The summed E-state index contributed by atoms with van der Waals surface area (Å²) in [6.45, 7) is 0. The summed E-state index contributed by atoms with van der Waals surface area (Å²) < 4.78 is 0. The molecule has 0 aliphatic carbocycles. The number of nitro benzene ring substituents is 1. The number of carbonyl (C=O) groups excluding carboxylic acids is 1. The van der Waals surface area contributed by atoms with E-state index >= 15 is 0 Å². The molecule has 2 fully saturated rings. The maximum absolute atomic E-state index is 12.4. The Morgan fingerprint density at radius 2 is 2.00 bits per heavy atom. The number of rotatable bonds is 2. The van der Waals surface area contributed by atoms with Crippen LogP contribution >= 0.6 is 0 Å². The van der Waals surface area contributed by atoms with Gasteiger partial charge in [-0.3, -0.25) is 19.8 Å². The van der Waals surface area contributed by atoms with Gasteiger partial charge < -0.3 is 0 Å². The Balaban J connectivity index is 2.04. The van der Waals surface area contributed by atoms with Gasteiger partial charge in [0, 0.05) is 24.6 Å². The number of hydrogen-bond donors (Lipinski definition) is 0. The molecule has 0 unspecified atom stereocenters. The van der Waals surface area contributed by atoms with E-state index in [0.717, 1.165) is 24.8 Å². The molecule has 5 heteroatoms. The Kier molecular flexibility index (Phi) is 2.67. The standard InChI is InChI=1S/C14H16N2O3/c1-15-11-6-7-13(17)14(15,9-8-11)10-2-4-12(5-3-10)16(18)19/h2-5,11H,6-9H2,1H3/t11-,14+/m1/s1. The molecule has 0 spiro atoms. The number of ketones is 1. The molecular formula is C14H16N2O3. The molecule has 0 aromatic heterocycles. The lowest BCUT2D eigenvalue weighted by molar-refractivity contribution is -0.384. The number of carbonyl (C=O) groups is 1. The molecule has 19 heavy (non-hydrogen) atoms. The van der Waals surface area contributed by atoms with Gasteiger partial charge in [-0.15, -0.1) is 0 Å². The van der Waals surface area contributed by atoms with Crippen molar-refractivity contribution >= 4 is 11.5 Å². The van der Waals surface area contributed by atoms with Crippen molar-refractivity contribution in [3.63, 3.8) is 0 Å². The van der Waals surface area contributed by atoms with Gasteiger partial charge >= 0.3 is 0 Å². The molecule has 0 saturated carbocycles. The van der Waals surface area contributed by atoms with Crippen molar-refractivity contribution in [3.05, 3.63) is 39.9 Å². The highest BCUT2D eigenvalue weighted by molar-refractivity contribution is 5.91. The van der Waals surface area contributed by atoms with E-state index in [9.17, 15) is 14.9 Å². The van der Waals surface area contributed by atoms with E-state index < -0.39 is 10.5 Å². The van der Waals surface area contributed by atoms with Gasteiger partial charge in [-0.1, -0.05) is 0 Å². The third-order valence-electron chi connectivity index (χ3n) is 4.71. The molecule has 2 saturated heterocycles. The van der Waals surface area contributed by atoms with E-state index in [-0.39, 0.29) is 11.5 Å². The molecule has 0 N–H and O–H groups in total. The van der Waals surface area contributed by atoms with Crippen LogP contribution in [0.2, 0.25) is 0 Å². The number of nitrogens with zero attached hydrogens (tertiary/aromatic N) is 2. The smallest absolute Gasteiger partial charge is 0.269 e. The third kappa shape index (κ3) is 1.61. The van der Waals surface area contributed by atoms with Crippen molar-refractivity contribution in [1.29, 1.82) is 0 Å². The predicted molar refractivity (Wildman–Crippen MR) is 69.8 cm³/mol. The van der Waals surface area contributed by atoms with Gasteiger partial charge in [0.2, 0.25) is 0 Å². The van der Waals surface area contributed by atoms with Crippen LogP contribution in [0.5, 0.6) is 0 Å². The van der Waals surface area contributed by atoms with Gasteiger partial charge in [-0.2, -0.15) is 0 Å². The molecule has 0 radical (unpaired) electrons. The van der Waals surface area contributed by atoms with Gasteiger partial charge in [-0.05, 0) is 44.0 Å². The summed E-state index contributed by atoms with van der Waals surface area (Å²) in [5.74, 6) is 0.248. The second-order valence-corrected chi connectivity index (χ2v) is 5.43. The highest BCUT2D eigenvalue weighted by Gasteiger charge is 2.53. The lowest BCUT2D eigenvalue weighted by Gasteiger charge is -2.41. The summed E-state index contributed by atoms with van der Waals surface area (Å²) in [6.07, 6.45) is 3.40. The fourth-order valence-corrected chi connectivity index (χ4v) is 3.60. The molecule has 0 amide bonds.